The Hall–Kier alpha value is -7.93. The molecule has 0 unspecified atom stereocenters. The number of hydrogen-bond acceptors (Lipinski definition) is 5. The fourth-order valence-corrected chi connectivity index (χ4v) is 10.8. The summed E-state index contributed by atoms with van der Waals surface area (Å²) in [4.78, 5) is 15.8. The molecule has 0 N–H and O–H groups in total. The van der Waals surface area contributed by atoms with E-state index in [0.717, 1.165) is 101 Å². The molecule has 1 aliphatic rings. The number of furan rings is 1. The van der Waals surface area contributed by atoms with Crippen LogP contribution in [0.4, 0.5) is 0 Å². The van der Waals surface area contributed by atoms with Crippen LogP contribution in [-0.2, 0) is 0 Å². The molecule has 0 radical (unpaired) electrons. The molecule has 0 bridgehead atoms. The first-order chi connectivity index (χ1) is 31.2. The molecule has 6 heteroatoms. The lowest BCUT2D eigenvalue weighted by atomic mass is 9.97. The minimum absolute atomic E-state index is 0.639. The Kier molecular flexibility index (Phi) is 8.14. The average Bonchev–Trinajstić information content (AvgIpc) is 4.04. The summed E-state index contributed by atoms with van der Waals surface area (Å²) in [5.41, 5.74) is 12.5. The predicted molar refractivity (Wildman–Crippen MR) is 261 cm³/mol. The van der Waals surface area contributed by atoms with Gasteiger partial charge in [0.25, 0.3) is 0 Å². The highest BCUT2D eigenvalue weighted by atomic mass is 32.1. The van der Waals surface area contributed by atoms with E-state index < -0.39 is 0 Å². The Labute approximate surface area is 366 Å². The standard InChI is InChI=1S/C57H36N4OS/c1-4-15-35(16-5-1)37-19-14-20-39(31-37)56-58-55(36-17-6-2-7-18-36)59-57(60-56)47-34-40(33-45-43-24-11-13-26-51(43)63-54(45)47)38-27-29-48-46(32-38)52-49(61(48)41-21-8-3-9-22-41)30-28-44-42-23-10-12-25-50(42)62-53(44)52/h1-10,12,14-34H,11,13H2. The van der Waals surface area contributed by atoms with E-state index in [4.69, 9.17) is 19.4 Å². The van der Waals surface area contributed by atoms with Crippen LogP contribution in [0, 0.1) is 0 Å². The van der Waals surface area contributed by atoms with Crippen molar-refractivity contribution in [2.75, 3.05) is 0 Å². The maximum Gasteiger partial charge on any atom is 0.165 e. The highest BCUT2D eigenvalue weighted by Crippen LogP contribution is 2.43. The van der Waals surface area contributed by atoms with Gasteiger partial charge in [0.2, 0.25) is 0 Å². The molecule has 1 aliphatic carbocycles. The SMILES string of the molecule is C1=c2sc3c(-c4nc(-c5ccccc5)nc(-c5cccc(-c6ccccc6)c5)n4)cc(-c4ccc5c(c4)c4c6oc7ccccc7c6ccc4n5-c4ccccc4)cc3c2=CCC1. The number of hydrogen-bond donors (Lipinski definition) is 0. The molecule has 8 aromatic carbocycles. The molecule has 63 heavy (non-hydrogen) atoms. The van der Waals surface area contributed by atoms with E-state index in [-0.39, 0.29) is 0 Å². The van der Waals surface area contributed by atoms with Gasteiger partial charge in [0, 0.05) is 53.2 Å². The van der Waals surface area contributed by atoms with Gasteiger partial charge in [0.15, 0.2) is 17.5 Å². The summed E-state index contributed by atoms with van der Waals surface area (Å²) in [5.74, 6) is 1.93. The molecule has 13 rings (SSSR count). The van der Waals surface area contributed by atoms with Crippen molar-refractivity contribution in [3.8, 4) is 62.1 Å². The fourth-order valence-electron chi connectivity index (χ4n) is 9.50. The van der Waals surface area contributed by atoms with Crippen molar-refractivity contribution in [1.82, 2.24) is 19.5 Å². The summed E-state index contributed by atoms with van der Waals surface area (Å²) in [5, 5.41) is 6.99. The van der Waals surface area contributed by atoms with Gasteiger partial charge in [-0.15, -0.1) is 11.3 Å². The largest absolute Gasteiger partial charge is 0.455 e. The number of thiophene rings is 1. The summed E-state index contributed by atoms with van der Waals surface area (Å²) >= 11 is 1.83. The third-order valence-corrected chi connectivity index (χ3v) is 13.7. The van der Waals surface area contributed by atoms with Crippen molar-refractivity contribution < 1.29 is 4.42 Å². The first-order valence-electron chi connectivity index (χ1n) is 21.4. The van der Waals surface area contributed by atoms with E-state index in [2.05, 4.69) is 168 Å². The number of fused-ring (bicyclic) bond motifs is 10. The Balaban J connectivity index is 1.07. The first-order valence-corrected chi connectivity index (χ1v) is 22.2. The summed E-state index contributed by atoms with van der Waals surface area (Å²) in [7, 11) is 0. The highest BCUT2D eigenvalue weighted by molar-refractivity contribution is 7.17. The van der Waals surface area contributed by atoms with Gasteiger partial charge >= 0.3 is 0 Å². The third-order valence-electron chi connectivity index (χ3n) is 12.5. The Morgan fingerprint density at radius 3 is 1.94 bits per heavy atom. The maximum atomic E-state index is 6.74. The first kappa shape index (κ1) is 35.8. The monoisotopic (exact) mass is 824 g/mol. The van der Waals surface area contributed by atoms with E-state index in [1.807, 2.05) is 41.7 Å². The van der Waals surface area contributed by atoms with Crippen molar-refractivity contribution in [3.63, 3.8) is 0 Å². The Morgan fingerprint density at radius 1 is 0.444 bits per heavy atom. The predicted octanol–water partition coefficient (Wildman–Crippen LogP) is 13.8. The zero-order valence-electron chi connectivity index (χ0n) is 34.0. The van der Waals surface area contributed by atoms with Crippen LogP contribution in [0.1, 0.15) is 12.8 Å². The molecule has 12 aromatic rings. The summed E-state index contributed by atoms with van der Waals surface area (Å²) < 4.78 is 11.6. The van der Waals surface area contributed by atoms with Crippen LogP contribution in [0.25, 0.3) is 128 Å². The van der Waals surface area contributed by atoms with E-state index in [0.29, 0.717) is 17.5 Å². The van der Waals surface area contributed by atoms with Crippen molar-refractivity contribution in [3.05, 3.63) is 192 Å². The number of para-hydroxylation sites is 2. The van der Waals surface area contributed by atoms with Crippen molar-refractivity contribution in [1.29, 1.82) is 0 Å². The lowest BCUT2D eigenvalue weighted by Gasteiger charge is -2.12. The van der Waals surface area contributed by atoms with Gasteiger partial charge in [-0.3, -0.25) is 0 Å². The number of rotatable bonds is 6. The molecule has 0 atom stereocenters. The summed E-state index contributed by atoms with van der Waals surface area (Å²) in [6, 6.07) is 64.2. The van der Waals surface area contributed by atoms with Gasteiger partial charge in [-0.1, -0.05) is 133 Å². The molecule has 0 spiro atoms. The lowest BCUT2D eigenvalue weighted by Crippen LogP contribution is -2.20. The zero-order chi connectivity index (χ0) is 41.4. The van der Waals surface area contributed by atoms with Crippen LogP contribution in [-0.4, -0.2) is 19.5 Å². The highest BCUT2D eigenvalue weighted by Gasteiger charge is 2.22. The third kappa shape index (κ3) is 5.87. The maximum absolute atomic E-state index is 6.74. The Morgan fingerprint density at radius 2 is 1.10 bits per heavy atom. The normalized spacial score (nSPS) is 12.6. The molecule has 4 heterocycles. The topological polar surface area (TPSA) is 56.7 Å². The molecular weight excluding hydrogens is 789 g/mol. The summed E-state index contributed by atoms with van der Waals surface area (Å²) in [6.07, 6.45) is 6.84. The molecule has 0 saturated carbocycles. The van der Waals surface area contributed by atoms with Crippen molar-refractivity contribution in [2.24, 2.45) is 0 Å². The van der Waals surface area contributed by atoms with Gasteiger partial charge in [-0.05, 0) is 101 Å². The van der Waals surface area contributed by atoms with Crippen LogP contribution in [0.3, 0.4) is 0 Å². The van der Waals surface area contributed by atoms with E-state index in [1.54, 1.807) is 0 Å². The lowest BCUT2D eigenvalue weighted by molar-refractivity contribution is 0.673. The molecular formula is C57H36N4OS. The van der Waals surface area contributed by atoms with Crippen LogP contribution in [0.2, 0.25) is 0 Å². The molecule has 0 amide bonds. The Bertz CT molecular complexity index is 3900. The van der Waals surface area contributed by atoms with Gasteiger partial charge in [-0.25, -0.2) is 15.0 Å². The summed E-state index contributed by atoms with van der Waals surface area (Å²) in [6.45, 7) is 0. The second-order valence-corrected chi connectivity index (χ2v) is 17.3. The molecule has 5 nitrogen and oxygen atoms in total. The smallest absolute Gasteiger partial charge is 0.165 e. The quantitative estimate of drug-likeness (QED) is 0.168. The van der Waals surface area contributed by atoms with Crippen LogP contribution in [0.5, 0.6) is 0 Å². The fraction of sp³-hybridized carbons (Fsp3) is 0.0351. The molecule has 0 aliphatic heterocycles. The van der Waals surface area contributed by atoms with Gasteiger partial charge in [-0.2, -0.15) is 0 Å². The van der Waals surface area contributed by atoms with Gasteiger partial charge < -0.3 is 8.98 Å². The molecule has 0 saturated heterocycles. The molecule has 4 aromatic heterocycles. The minimum Gasteiger partial charge on any atom is -0.455 e. The van der Waals surface area contributed by atoms with Gasteiger partial charge in [0.1, 0.15) is 11.2 Å². The number of aromatic nitrogens is 4. The van der Waals surface area contributed by atoms with Crippen LogP contribution >= 0.6 is 11.3 Å². The molecule has 296 valence electrons. The number of benzene rings is 8. The van der Waals surface area contributed by atoms with E-state index >= 15 is 0 Å². The van der Waals surface area contributed by atoms with Crippen molar-refractivity contribution >= 4 is 77.3 Å². The van der Waals surface area contributed by atoms with E-state index in [1.165, 1.54) is 19.8 Å². The van der Waals surface area contributed by atoms with Crippen molar-refractivity contribution in [2.45, 2.75) is 12.8 Å². The number of nitrogens with zero attached hydrogens (tertiary/aromatic N) is 4. The molecule has 0 fully saturated rings. The van der Waals surface area contributed by atoms with E-state index in [9.17, 15) is 0 Å². The van der Waals surface area contributed by atoms with Crippen LogP contribution in [0.15, 0.2) is 186 Å². The zero-order valence-corrected chi connectivity index (χ0v) is 34.8. The van der Waals surface area contributed by atoms with Gasteiger partial charge in [0.05, 0.1) is 16.4 Å². The minimum atomic E-state index is 0.639. The average molecular weight is 825 g/mol. The second-order valence-electron chi connectivity index (χ2n) is 16.2. The van der Waals surface area contributed by atoms with Crippen LogP contribution < -0.4 is 9.75 Å². The second kappa shape index (κ2) is 14.3.